The molecule has 0 amide bonds. The lowest BCUT2D eigenvalue weighted by molar-refractivity contribution is 0.171. The molecule has 0 spiro atoms. The van der Waals surface area contributed by atoms with E-state index >= 15 is 0 Å². The van der Waals surface area contributed by atoms with Gasteiger partial charge in [-0.2, -0.15) is 0 Å². The Bertz CT molecular complexity index is 597. The van der Waals surface area contributed by atoms with Crippen molar-refractivity contribution in [2.45, 2.75) is 17.1 Å². The highest BCUT2D eigenvalue weighted by Gasteiger charge is 2.16. The third-order valence-electron chi connectivity index (χ3n) is 3.08. The molecule has 0 fully saturated rings. The number of ether oxygens (including phenoxy) is 2. The minimum absolute atomic E-state index is 0.288. The summed E-state index contributed by atoms with van der Waals surface area (Å²) in [6, 6.07) is 10.4. The van der Waals surface area contributed by atoms with Crippen LogP contribution in [0.3, 0.4) is 0 Å². The van der Waals surface area contributed by atoms with E-state index in [-0.39, 0.29) is 5.25 Å². The first kappa shape index (κ1) is 13.8. The van der Waals surface area contributed by atoms with Crippen molar-refractivity contribution in [2.75, 3.05) is 19.8 Å². The molecule has 106 valence electrons. The third kappa shape index (κ3) is 2.95. The first-order valence-corrected chi connectivity index (χ1v) is 8.28. The van der Waals surface area contributed by atoms with Crippen LogP contribution in [0.4, 0.5) is 0 Å². The predicted molar refractivity (Wildman–Crippen MR) is 84.1 cm³/mol. The summed E-state index contributed by atoms with van der Waals surface area (Å²) in [4.78, 5) is 3.81. The smallest absolute Gasteiger partial charge is 0.162 e. The van der Waals surface area contributed by atoms with Crippen molar-refractivity contribution >= 4 is 23.1 Å². The third-order valence-corrected chi connectivity index (χ3v) is 5.61. The molecule has 3 rings (SSSR count). The first-order valence-electron chi connectivity index (χ1n) is 6.59. The molecule has 5 heteroatoms. The number of fused-ring (bicyclic) bond motifs is 1. The summed E-state index contributed by atoms with van der Waals surface area (Å²) < 4.78 is 11.2. The van der Waals surface area contributed by atoms with Crippen molar-refractivity contribution in [1.82, 2.24) is 0 Å². The fourth-order valence-corrected chi connectivity index (χ4v) is 4.21. The number of benzene rings is 1. The van der Waals surface area contributed by atoms with E-state index < -0.39 is 0 Å². The van der Waals surface area contributed by atoms with Crippen LogP contribution in [0.25, 0.3) is 0 Å². The topological polar surface area (TPSA) is 44.5 Å². The molecule has 1 aromatic heterocycles. The number of nitrogens with two attached hydrogens (primary N) is 1. The van der Waals surface area contributed by atoms with Gasteiger partial charge in [0, 0.05) is 21.2 Å². The average molecular weight is 307 g/mol. The molecule has 1 aliphatic rings. The van der Waals surface area contributed by atoms with Crippen molar-refractivity contribution in [2.24, 2.45) is 5.73 Å². The zero-order valence-electron chi connectivity index (χ0n) is 11.3. The van der Waals surface area contributed by atoms with Crippen LogP contribution in [-0.4, -0.2) is 19.8 Å². The Kier molecular flexibility index (Phi) is 4.19. The molecule has 1 atom stereocenters. The number of aryl methyl sites for hydroxylation is 1. The molecule has 1 unspecified atom stereocenters. The Morgan fingerprint density at radius 3 is 2.70 bits per heavy atom. The minimum atomic E-state index is 0.288. The maximum absolute atomic E-state index is 5.93. The summed E-state index contributed by atoms with van der Waals surface area (Å²) in [7, 11) is 0. The second kappa shape index (κ2) is 6.08. The van der Waals surface area contributed by atoms with Crippen molar-refractivity contribution in [3.05, 3.63) is 40.1 Å². The SMILES string of the molecule is Cc1ccc(C(CN)Sc2ccc3c(c2)OCCO3)s1. The van der Waals surface area contributed by atoms with E-state index in [1.165, 1.54) is 9.75 Å². The van der Waals surface area contributed by atoms with Gasteiger partial charge in [-0.3, -0.25) is 0 Å². The Balaban J connectivity index is 1.79. The first-order chi connectivity index (χ1) is 9.76. The van der Waals surface area contributed by atoms with Crippen LogP contribution in [0.15, 0.2) is 35.2 Å². The molecule has 20 heavy (non-hydrogen) atoms. The van der Waals surface area contributed by atoms with Gasteiger partial charge in [0.15, 0.2) is 11.5 Å². The summed E-state index contributed by atoms with van der Waals surface area (Å²) in [6.07, 6.45) is 0. The fourth-order valence-electron chi connectivity index (χ4n) is 2.11. The number of hydrogen-bond donors (Lipinski definition) is 1. The average Bonchev–Trinajstić information content (AvgIpc) is 2.91. The normalized spacial score (nSPS) is 15.1. The quantitative estimate of drug-likeness (QED) is 0.876. The van der Waals surface area contributed by atoms with E-state index in [4.69, 9.17) is 15.2 Å². The highest BCUT2D eigenvalue weighted by Crippen LogP contribution is 2.41. The van der Waals surface area contributed by atoms with Gasteiger partial charge in [-0.25, -0.2) is 0 Å². The summed E-state index contributed by atoms with van der Waals surface area (Å²) in [5, 5.41) is 0.288. The molecule has 2 heterocycles. The molecular weight excluding hydrogens is 290 g/mol. The lowest BCUT2D eigenvalue weighted by Crippen LogP contribution is -2.15. The highest BCUT2D eigenvalue weighted by atomic mass is 32.2. The molecule has 0 saturated heterocycles. The molecule has 0 aliphatic carbocycles. The van der Waals surface area contributed by atoms with E-state index in [2.05, 4.69) is 25.1 Å². The lowest BCUT2D eigenvalue weighted by atomic mass is 10.3. The van der Waals surface area contributed by atoms with Gasteiger partial charge in [0.25, 0.3) is 0 Å². The summed E-state index contributed by atoms with van der Waals surface area (Å²) >= 11 is 3.59. The van der Waals surface area contributed by atoms with E-state index in [9.17, 15) is 0 Å². The maximum atomic E-state index is 5.93. The lowest BCUT2D eigenvalue weighted by Gasteiger charge is -2.19. The highest BCUT2D eigenvalue weighted by molar-refractivity contribution is 7.99. The van der Waals surface area contributed by atoms with Crippen LogP contribution >= 0.6 is 23.1 Å². The maximum Gasteiger partial charge on any atom is 0.162 e. The molecule has 1 aromatic carbocycles. The zero-order valence-corrected chi connectivity index (χ0v) is 12.9. The molecule has 2 N–H and O–H groups in total. The van der Waals surface area contributed by atoms with Gasteiger partial charge in [0.05, 0.1) is 5.25 Å². The summed E-state index contributed by atoms with van der Waals surface area (Å²) in [6.45, 7) is 3.99. The fraction of sp³-hybridized carbons (Fsp3) is 0.333. The Morgan fingerprint density at radius 1 is 1.20 bits per heavy atom. The second-order valence-corrected chi connectivity index (χ2v) is 7.19. The van der Waals surface area contributed by atoms with Gasteiger partial charge in [-0.05, 0) is 37.3 Å². The standard InChI is InChI=1S/C15H17NO2S2/c1-10-2-5-14(19-10)15(9-16)20-11-3-4-12-13(8-11)18-7-6-17-12/h2-5,8,15H,6-7,9,16H2,1H3. The van der Waals surface area contributed by atoms with Gasteiger partial charge in [-0.15, -0.1) is 23.1 Å². The van der Waals surface area contributed by atoms with E-state index in [0.717, 1.165) is 16.4 Å². The predicted octanol–water partition coefficient (Wildman–Crippen LogP) is 3.62. The van der Waals surface area contributed by atoms with Crippen molar-refractivity contribution < 1.29 is 9.47 Å². The van der Waals surface area contributed by atoms with Crippen LogP contribution in [0, 0.1) is 6.92 Å². The van der Waals surface area contributed by atoms with Gasteiger partial charge in [-0.1, -0.05) is 0 Å². The number of rotatable bonds is 4. The molecule has 2 aromatic rings. The molecular formula is C15H17NO2S2. The van der Waals surface area contributed by atoms with Crippen LogP contribution in [-0.2, 0) is 0 Å². The summed E-state index contributed by atoms with van der Waals surface area (Å²) in [5.41, 5.74) is 5.93. The molecule has 0 radical (unpaired) electrons. The second-order valence-electron chi connectivity index (χ2n) is 4.60. The molecule has 3 nitrogen and oxygen atoms in total. The van der Waals surface area contributed by atoms with Crippen LogP contribution < -0.4 is 15.2 Å². The Hall–Kier alpha value is -1.17. The Morgan fingerprint density at radius 2 is 2.00 bits per heavy atom. The Labute approximate surface area is 127 Å². The van der Waals surface area contributed by atoms with Gasteiger partial charge < -0.3 is 15.2 Å². The van der Waals surface area contributed by atoms with Gasteiger partial charge in [0.2, 0.25) is 0 Å². The van der Waals surface area contributed by atoms with Crippen molar-refractivity contribution in [3.63, 3.8) is 0 Å². The van der Waals surface area contributed by atoms with E-state index in [1.807, 2.05) is 23.5 Å². The molecule has 0 saturated carbocycles. The van der Waals surface area contributed by atoms with Gasteiger partial charge in [0.1, 0.15) is 13.2 Å². The van der Waals surface area contributed by atoms with Crippen LogP contribution in [0.1, 0.15) is 15.0 Å². The number of thiophene rings is 1. The monoisotopic (exact) mass is 307 g/mol. The zero-order chi connectivity index (χ0) is 13.9. The minimum Gasteiger partial charge on any atom is -0.486 e. The van der Waals surface area contributed by atoms with Gasteiger partial charge >= 0.3 is 0 Å². The van der Waals surface area contributed by atoms with Crippen LogP contribution in [0.5, 0.6) is 11.5 Å². The molecule has 0 bridgehead atoms. The summed E-state index contributed by atoms with van der Waals surface area (Å²) in [5.74, 6) is 1.66. The van der Waals surface area contributed by atoms with Crippen molar-refractivity contribution in [1.29, 1.82) is 0 Å². The molecule has 1 aliphatic heterocycles. The number of thioether (sulfide) groups is 1. The van der Waals surface area contributed by atoms with E-state index in [1.54, 1.807) is 11.8 Å². The largest absolute Gasteiger partial charge is 0.486 e. The number of hydrogen-bond acceptors (Lipinski definition) is 5. The van der Waals surface area contributed by atoms with E-state index in [0.29, 0.717) is 19.8 Å². The van der Waals surface area contributed by atoms with Crippen molar-refractivity contribution in [3.8, 4) is 11.5 Å². The van der Waals surface area contributed by atoms with Crippen LogP contribution in [0.2, 0.25) is 0 Å².